The van der Waals surface area contributed by atoms with Crippen molar-refractivity contribution in [3.8, 4) is 5.75 Å². The molecule has 0 radical (unpaired) electrons. The summed E-state index contributed by atoms with van der Waals surface area (Å²) in [5.41, 5.74) is 1.97. The molecule has 4 rings (SSSR count). The van der Waals surface area contributed by atoms with Gasteiger partial charge in [0.05, 0.1) is 14.4 Å². The standard InChI is InChI=1S/C21H15BrN2O2S2/c22-15-10-14(6-7-16(15)26-12-13-4-2-1-3-5-13)11-17-19(25)18(20(23)28-17)21-24-8-9-27-21/h1-11,18,23H,12H2/b17-11-,23-20?/t18-/m0/s1. The first-order valence-electron chi connectivity index (χ1n) is 8.49. The van der Waals surface area contributed by atoms with Crippen LogP contribution in [-0.4, -0.2) is 15.8 Å². The lowest BCUT2D eigenvalue weighted by Crippen LogP contribution is -2.11. The van der Waals surface area contributed by atoms with Gasteiger partial charge in [-0.05, 0) is 45.3 Å². The average Bonchev–Trinajstić information content (AvgIpc) is 3.30. The number of aromatic nitrogens is 1. The van der Waals surface area contributed by atoms with Crippen LogP contribution in [0.3, 0.4) is 0 Å². The fourth-order valence-corrected chi connectivity index (χ4v) is 5.12. The minimum absolute atomic E-state index is 0.0644. The van der Waals surface area contributed by atoms with E-state index < -0.39 is 5.92 Å². The zero-order valence-electron chi connectivity index (χ0n) is 14.6. The maximum atomic E-state index is 12.7. The smallest absolute Gasteiger partial charge is 0.186 e. The van der Waals surface area contributed by atoms with E-state index in [9.17, 15) is 4.79 Å². The van der Waals surface area contributed by atoms with Gasteiger partial charge in [0, 0.05) is 11.6 Å². The van der Waals surface area contributed by atoms with Gasteiger partial charge in [-0.2, -0.15) is 0 Å². The van der Waals surface area contributed by atoms with Crippen LogP contribution in [0.25, 0.3) is 6.08 Å². The van der Waals surface area contributed by atoms with Crippen LogP contribution in [0.15, 0.2) is 69.5 Å². The van der Waals surface area contributed by atoms with Gasteiger partial charge >= 0.3 is 0 Å². The van der Waals surface area contributed by atoms with Crippen molar-refractivity contribution in [2.24, 2.45) is 0 Å². The number of allylic oxidation sites excluding steroid dienone is 1. The molecule has 0 amide bonds. The number of benzene rings is 2. The normalized spacial score (nSPS) is 18.0. The van der Waals surface area contributed by atoms with Crippen LogP contribution in [0.2, 0.25) is 0 Å². The third-order valence-electron chi connectivity index (χ3n) is 4.18. The molecule has 1 fully saturated rings. The molecule has 7 heteroatoms. The Morgan fingerprint density at radius 1 is 1.21 bits per heavy atom. The number of ether oxygens (including phenoxy) is 1. The summed E-state index contributed by atoms with van der Waals surface area (Å²) in [5, 5.41) is 11.0. The minimum atomic E-state index is -0.562. The molecule has 1 aromatic heterocycles. The number of ketones is 1. The van der Waals surface area contributed by atoms with Crippen molar-refractivity contribution in [2.75, 3.05) is 0 Å². The van der Waals surface area contributed by atoms with E-state index in [2.05, 4.69) is 20.9 Å². The molecule has 0 spiro atoms. The predicted molar refractivity (Wildman–Crippen MR) is 118 cm³/mol. The maximum Gasteiger partial charge on any atom is 0.186 e. The van der Waals surface area contributed by atoms with Crippen LogP contribution in [0.1, 0.15) is 22.1 Å². The highest BCUT2D eigenvalue weighted by atomic mass is 79.9. The Balaban J connectivity index is 1.50. The summed E-state index contributed by atoms with van der Waals surface area (Å²) in [6.07, 6.45) is 3.49. The van der Waals surface area contributed by atoms with Gasteiger partial charge < -0.3 is 4.74 Å². The van der Waals surface area contributed by atoms with Gasteiger partial charge in [-0.25, -0.2) is 4.98 Å². The number of thiazole rings is 1. The first-order valence-corrected chi connectivity index (χ1v) is 11.0. The molecule has 28 heavy (non-hydrogen) atoms. The molecule has 140 valence electrons. The number of halogens is 1. The van der Waals surface area contributed by atoms with Crippen molar-refractivity contribution in [3.05, 3.63) is 85.6 Å². The molecule has 3 aromatic rings. The summed E-state index contributed by atoms with van der Waals surface area (Å²) in [6.45, 7) is 0.487. The molecule has 0 bridgehead atoms. The molecule has 0 saturated carbocycles. The van der Waals surface area contributed by atoms with Gasteiger partial charge in [0.2, 0.25) is 0 Å². The van der Waals surface area contributed by atoms with Crippen molar-refractivity contribution >= 4 is 55.9 Å². The van der Waals surface area contributed by atoms with Crippen molar-refractivity contribution in [3.63, 3.8) is 0 Å². The van der Waals surface area contributed by atoms with E-state index in [-0.39, 0.29) is 5.78 Å². The first-order chi connectivity index (χ1) is 13.6. The Bertz CT molecular complexity index is 1050. The third kappa shape index (κ3) is 4.11. The molecule has 0 unspecified atom stereocenters. The number of nitrogens with one attached hydrogen (secondary N) is 1. The lowest BCUT2D eigenvalue weighted by Gasteiger charge is -2.09. The highest BCUT2D eigenvalue weighted by molar-refractivity contribution is 9.10. The minimum Gasteiger partial charge on any atom is -0.488 e. The molecule has 1 aliphatic rings. The molecule has 1 saturated heterocycles. The van der Waals surface area contributed by atoms with E-state index >= 15 is 0 Å². The molecule has 2 heterocycles. The van der Waals surface area contributed by atoms with Gasteiger partial charge in [0.1, 0.15) is 23.3 Å². The number of Topliss-reactive ketones (excluding diaryl/α,β-unsaturated/α-hetero) is 1. The summed E-state index contributed by atoms with van der Waals surface area (Å²) in [4.78, 5) is 17.5. The van der Waals surface area contributed by atoms with Crippen LogP contribution in [0.4, 0.5) is 0 Å². The predicted octanol–water partition coefficient (Wildman–Crippen LogP) is 5.90. The van der Waals surface area contributed by atoms with E-state index in [0.29, 0.717) is 21.6 Å². The van der Waals surface area contributed by atoms with Crippen LogP contribution >= 0.6 is 39.0 Å². The van der Waals surface area contributed by atoms with Crippen LogP contribution < -0.4 is 4.74 Å². The monoisotopic (exact) mass is 470 g/mol. The number of nitrogens with zero attached hydrogens (tertiary/aromatic N) is 1. The second-order valence-electron chi connectivity index (χ2n) is 6.11. The summed E-state index contributed by atoms with van der Waals surface area (Å²) in [5.74, 6) is 0.114. The fraction of sp³-hybridized carbons (Fsp3) is 0.0952. The van der Waals surface area contributed by atoms with Crippen LogP contribution in [0.5, 0.6) is 5.75 Å². The zero-order chi connectivity index (χ0) is 19.5. The van der Waals surface area contributed by atoms with Crippen molar-refractivity contribution in [1.29, 1.82) is 5.41 Å². The second-order valence-corrected chi connectivity index (χ2v) is 8.97. The van der Waals surface area contributed by atoms with E-state index in [1.54, 1.807) is 6.20 Å². The first kappa shape index (κ1) is 19.1. The Morgan fingerprint density at radius 2 is 2.04 bits per heavy atom. The highest BCUT2D eigenvalue weighted by Gasteiger charge is 2.38. The van der Waals surface area contributed by atoms with Gasteiger partial charge in [-0.3, -0.25) is 10.2 Å². The third-order valence-corrected chi connectivity index (χ3v) is 6.63. The zero-order valence-corrected chi connectivity index (χ0v) is 17.8. The summed E-state index contributed by atoms with van der Waals surface area (Å²) in [7, 11) is 0. The number of thioether (sulfide) groups is 1. The lowest BCUT2D eigenvalue weighted by atomic mass is 10.1. The molecule has 2 aromatic carbocycles. The number of carbonyl (C=O) groups excluding carboxylic acids is 1. The van der Waals surface area contributed by atoms with Gasteiger partial charge in [0.25, 0.3) is 0 Å². The number of hydrogen-bond donors (Lipinski definition) is 1. The number of hydrogen-bond acceptors (Lipinski definition) is 6. The Labute approximate surface area is 179 Å². The average molecular weight is 471 g/mol. The molecule has 1 aliphatic heterocycles. The molecule has 1 atom stereocenters. The van der Waals surface area contributed by atoms with Crippen molar-refractivity contribution in [2.45, 2.75) is 12.5 Å². The van der Waals surface area contributed by atoms with Gasteiger partial charge in [0.15, 0.2) is 5.78 Å². The highest BCUT2D eigenvalue weighted by Crippen LogP contribution is 2.41. The van der Waals surface area contributed by atoms with Crippen LogP contribution in [0, 0.1) is 5.41 Å². The van der Waals surface area contributed by atoms with E-state index in [1.165, 1.54) is 23.1 Å². The molecular weight excluding hydrogens is 456 g/mol. The largest absolute Gasteiger partial charge is 0.488 e. The maximum absolute atomic E-state index is 12.7. The van der Waals surface area contributed by atoms with Crippen molar-refractivity contribution < 1.29 is 9.53 Å². The SMILES string of the molecule is N=C1S/C(=C\c2ccc(OCc3ccccc3)c(Br)c2)C(=O)[C@@H]1c1nccs1. The summed E-state index contributed by atoms with van der Waals surface area (Å²) >= 11 is 6.16. The topological polar surface area (TPSA) is 63.0 Å². The van der Waals surface area contributed by atoms with Gasteiger partial charge in [-0.1, -0.05) is 48.2 Å². The molecule has 4 nitrogen and oxygen atoms in total. The van der Waals surface area contributed by atoms with E-state index in [4.69, 9.17) is 10.1 Å². The fourth-order valence-electron chi connectivity index (χ4n) is 2.80. The number of rotatable bonds is 5. The summed E-state index contributed by atoms with van der Waals surface area (Å²) in [6, 6.07) is 15.7. The van der Waals surface area contributed by atoms with E-state index in [1.807, 2.05) is 60.0 Å². The Hall–Kier alpha value is -2.22. The Morgan fingerprint density at radius 3 is 2.75 bits per heavy atom. The summed E-state index contributed by atoms with van der Waals surface area (Å²) < 4.78 is 6.69. The molecule has 1 N–H and O–H groups in total. The molecule has 0 aliphatic carbocycles. The van der Waals surface area contributed by atoms with Crippen LogP contribution in [-0.2, 0) is 11.4 Å². The Kier molecular flexibility index (Phi) is 5.75. The number of carbonyl (C=O) groups is 1. The lowest BCUT2D eigenvalue weighted by molar-refractivity contribution is -0.114. The molecular formula is C21H15BrN2O2S2. The van der Waals surface area contributed by atoms with Crippen molar-refractivity contribution in [1.82, 2.24) is 4.98 Å². The second kappa shape index (κ2) is 8.43. The quantitative estimate of drug-likeness (QED) is 0.471. The van der Waals surface area contributed by atoms with Gasteiger partial charge in [-0.15, -0.1) is 11.3 Å². The van der Waals surface area contributed by atoms with E-state index in [0.717, 1.165) is 21.3 Å².